The van der Waals surface area contributed by atoms with Crippen molar-refractivity contribution >= 4 is 35.0 Å². The Balaban J connectivity index is 1.14. The van der Waals surface area contributed by atoms with Crippen molar-refractivity contribution in [3.05, 3.63) is 24.7 Å². The molecule has 0 unspecified atom stereocenters. The molecule has 3 saturated heterocycles. The molecule has 0 radical (unpaired) electrons. The van der Waals surface area contributed by atoms with E-state index in [4.69, 9.17) is 9.47 Å². The van der Waals surface area contributed by atoms with Gasteiger partial charge in [-0.1, -0.05) is 11.8 Å². The fourth-order valence-corrected chi connectivity index (χ4v) is 5.83. The lowest BCUT2D eigenvalue weighted by atomic mass is 9.77. The highest BCUT2D eigenvalue weighted by atomic mass is 32.2. The maximum absolute atomic E-state index is 12.6. The molecule has 2 aromatic rings. The number of anilines is 3. The predicted molar refractivity (Wildman–Crippen MR) is 120 cm³/mol. The number of piperidine rings is 1. The number of pyridine rings is 1. The van der Waals surface area contributed by atoms with Crippen molar-refractivity contribution in [2.75, 3.05) is 48.4 Å². The van der Waals surface area contributed by atoms with Crippen LogP contribution in [0.3, 0.4) is 0 Å². The third kappa shape index (κ3) is 3.41. The van der Waals surface area contributed by atoms with Crippen LogP contribution in [-0.2, 0) is 14.3 Å². The van der Waals surface area contributed by atoms with Gasteiger partial charge in [-0.2, -0.15) is 0 Å². The summed E-state index contributed by atoms with van der Waals surface area (Å²) in [5.41, 5.74) is 0.336. The van der Waals surface area contributed by atoms with E-state index in [1.807, 2.05) is 12.3 Å². The van der Waals surface area contributed by atoms with E-state index in [0.29, 0.717) is 36.2 Å². The zero-order chi connectivity index (χ0) is 21.8. The summed E-state index contributed by atoms with van der Waals surface area (Å²) >= 11 is 1.47. The SMILES string of the molecule is C[C@H]1CC2(CCN(c3cnc(Sc4ccnc5c4NC(=O)C4(COC4)N5)cn3)CC2)CO1. The molecular formula is C22H26N6O3S. The van der Waals surface area contributed by atoms with Crippen molar-refractivity contribution in [3.8, 4) is 0 Å². The molecule has 6 rings (SSSR count). The van der Waals surface area contributed by atoms with Gasteiger partial charge in [-0.15, -0.1) is 0 Å². The lowest BCUT2D eigenvalue weighted by Gasteiger charge is -2.43. The molecule has 4 aliphatic heterocycles. The average molecular weight is 455 g/mol. The third-order valence-corrected chi connectivity index (χ3v) is 7.99. The first-order valence-electron chi connectivity index (χ1n) is 11.1. The van der Waals surface area contributed by atoms with E-state index in [1.54, 1.807) is 12.4 Å². The Morgan fingerprint density at radius 1 is 1.16 bits per heavy atom. The molecule has 32 heavy (non-hydrogen) atoms. The van der Waals surface area contributed by atoms with Crippen molar-refractivity contribution in [2.45, 2.75) is 47.8 Å². The minimum Gasteiger partial charge on any atom is -0.378 e. The van der Waals surface area contributed by atoms with Crippen LogP contribution >= 0.6 is 11.8 Å². The van der Waals surface area contributed by atoms with Gasteiger partial charge in [0.25, 0.3) is 5.91 Å². The Kier molecular flexibility index (Phi) is 4.78. The van der Waals surface area contributed by atoms with Gasteiger partial charge in [-0.25, -0.2) is 15.0 Å². The molecule has 9 nitrogen and oxygen atoms in total. The maximum atomic E-state index is 12.6. The van der Waals surface area contributed by atoms with Gasteiger partial charge in [-0.05, 0) is 37.7 Å². The van der Waals surface area contributed by atoms with Gasteiger partial charge in [0, 0.05) is 24.2 Å². The standard InChI is InChI=1S/C22H26N6O3S/c1-14-8-21(11-31-14)3-6-28(7-4-21)16-9-25-17(10-24-16)32-15-2-5-23-19-18(15)26-20(29)22(27-19)12-30-13-22/h2,5,9-10,14H,3-4,6-8,11-13H2,1H3,(H,23,27)(H,26,29)/t14-/m0/s1. The fraction of sp³-hybridized carbons (Fsp3) is 0.545. The molecule has 10 heteroatoms. The number of fused-ring (bicyclic) bond motifs is 1. The van der Waals surface area contributed by atoms with Crippen LogP contribution in [0.1, 0.15) is 26.2 Å². The lowest BCUT2D eigenvalue weighted by Crippen LogP contribution is -2.65. The highest BCUT2D eigenvalue weighted by Gasteiger charge is 2.49. The molecule has 3 fully saturated rings. The smallest absolute Gasteiger partial charge is 0.255 e. The van der Waals surface area contributed by atoms with E-state index < -0.39 is 5.54 Å². The van der Waals surface area contributed by atoms with Crippen molar-refractivity contribution in [2.24, 2.45) is 5.41 Å². The van der Waals surface area contributed by atoms with Gasteiger partial charge in [-0.3, -0.25) is 4.79 Å². The van der Waals surface area contributed by atoms with Crippen LogP contribution in [0.5, 0.6) is 0 Å². The predicted octanol–water partition coefficient (Wildman–Crippen LogP) is 2.55. The summed E-state index contributed by atoms with van der Waals surface area (Å²) in [6.45, 7) is 5.74. The first-order chi connectivity index (χ1) is 15.5. The molecular weight excluding hydrogens is 428 g/mol. The Morgan fingerprint density at radius 2 is 2.00 bits per heavy atom. The van der Waals surface area contributed by atoms with E-state index in [0.717, 1.165) is 54.7 Å². The lowest BCUT2D eigenvalue weighted by molar-refractivity contribution is -0.135. The van der Waals surface area contributed by atoms with Gasteiger partial charge in [0.05, 0.1) is 44.0 Å². The van der Waals surface area contributed by atoms with Crippen LogP contribution in [0.4, 0.5) is 17.3 Å². The first-order valence-corrected chi connectivity index (χ1v) is 11.9. The molecule has 2 aromatic heterocycles. The average Bonchev–Trinajstić information content (AvgIpc) is 3.14. The van der Waals surface area contributed by atoms with Crippen molar-refractivity contribution in [1.29, 1.82) is 0 Å². The molecule has 0 bridgehead atoms. The van der Waals surface area contributed by atoms with Crippen LogP contribution < -0.4 is 15.5 Å². The maximum Gasteiger partial charge on any atom is 0.255 e. The van der Waals surface area contributed by atoms with Gasteiger partial charge in [0.15, 0.2) is 11.4 Å². The second kappa shape index (κ2) is 7.57. The Hall–Kier alpha value is -2.43. The van der Waals surface area contributed by atoms with E-state index >= 15 is 0 Å². The zero-order valence-electron chi connectivity index (χ0n) is 18.0. The molecule has 6 heterocycles. The zero-order valence-corrected chi connectivity index (χ0v) is 18.8. The quantitative estimate of drug-likeness (QED) is 0.724. The van der Waals surface area contributed by atoms with Crippen molar-refractivity contribution in [1.82, 2.24) is 15.0 Å². The molecule has 4 aliphatic rings. The van der Waals surface area contributed by atoms with Crippen LogP contribution in [-0.4, -0.2) is 65.4 Å². The number of nitrogens with zero attached hydrogens (tertiary/aromatic N) is 4. The molecule has 0 aliphatic carbocycles. The summed E-state index contributed by atoms with van der Waals surface area (Å²) in [4.78, 5) is 29.5. The number of carbonyl (C=O) groups is 1. The van der Waals surface area contributed by atoms with Crippen LogP contribution in [0, 0.1) is 5.41 Å². The largest absolute Gasteiger partial charge is 0.378 e. The first kappa shape index (κ1) is 20.2. The Bertz CT molecular complexity index is 1040. The van der Waals surface area contributed by atoms with Crippen molar-refractivity contribution < 1.29 is 14.3 Å². The molecule has 0 saturated carbocycles. The van der Waals surface area contributed by atoms with Crippen molar-refractivity contribution in [3.63, 3.8) is 0 Å². The normalized spacial score (nSPS) is 25.2. The minimum atomic E-state index is -0.694. The monoisotopic (exact) mass is 454 g/mol. The number of aromatic nitrogens is 3. The van der Waals surface area contributed by atoms with Gasteiger partial charge < -0.3 is 25.0 Å². The van der Waals surface area contributed by atoms with Gasteiger partial charge in [0.2, 0.25) is 0 Å². The molecule has 1 amide bonds. The third-order valence-electron chi connectivity index (χ3n) is 7.01. The van der Waals surface area contributed by atoms with E-state index in [-0.39, 0.29) is 5.91 Å². The van der Waals surface area contributed by atoms with Crippen LogP contribution in [0.25, 0.3) is 0 Å². The fourth-order valence-electron chi connectivity index (χ4n) is 5.01. The summed E-state index contributed by atoms with van der Waals surface area (Å²) in [5, 5.41) is 7.02. The van der Waals surface area contributed by atoms with Gasteiger partial charge >= 0.3 is 0 Å². The highest BCUT2D eigenvalue weighted by Crippen LogP contribution is 2.43. The molecule has 0 aromatic carbocycles. The minimum absolute atomic E-state index is 0.0857. The second-order valence-corrected chi connectivity index (χ2v) is 10.4. The molecule has 168 valence electrons. The number of nitrogens with one attached hydrogen (secondary N) is 2. The summed E-state index contributed by atoms with van der Waals surface area (Å²) in [7, 11) is 0. The van der Waals surface area contributed by atoms with E-state index in [1.165, 1.54) is 11.8 Å². The molecule has 1 atom stereocenters. The number of amides is 1. The number of rotatable bonds is 3. The Morgan fingerprint density at radius 3 is 2.66 bits per heavy atom. The number of ether oxygens (including phenoxy) is 2. The topological polar surface area (TPSA) is 102 Å². The van der Waals surface area contributed by atoms with Gasteiger partial charge in [0.1, 0.15) is 10.8 Å². The second-order valence-electron chi connectivity index (χ2n) is 9.31. The van der Waals surface area contributed by atoms with E-state index in [9.17, 15) is 4.79 Å². The Labute approximate surface area is 190 Å². The number of carbonyl (C=O) groups excluding carboxylic acids is 1. The summed E-state index contributed by atoms with van der Waals surface area (Å²) in [6, 6.07) is 1.88. The summed E-state index contributed by atoms with van der Waals surface area (Å²) in [6.07, 6.45) is 9.20. The summed E-state index contributed by atoms with van der Waals surface area (Å²) in [5.74, 6) is 1.49. The molecule has 2 spiro atoms. The van der Waals surface area contributed by atoms with Crippen LogP contribution in [0.2, 0.25) is 0 Å². The highest BCUT2D eigenvalue weighted by molar-refractivity contribution is 7.99. The van der Waals surface area contributed by atoms with Crippen LogP contribution in [0.15, 0.2) is 34.6 Å². The van der Waals surface area contributed by atoms with E-state index in [2.05, 4.69) is 37.4 Å². The molecule has 2 N–H and O–H groups in total. The number of hydrogen-bond donors (Lipinski definition) is 2. The summed E-state index contributed by atoms with van der Waals surface area (Å²) < 4.78 is 11.1. The number of hydrogen-bond acceptors (Lipinski definition) is 9.